The highest BCUT2D eigenvalue weighted by Crippen LogP contribution is 2.03. The summed E-state index contributed by atoms with van der Waals surface area (Å²) in [5.74, 6) is -0.247. The van der Waals surface area contributed by atoms with Crippen LogP contribution in [0.15, 0.2) is 0 Å². The maximum Gasteiger partial charge on any atom is 0.216 e. The zero-order chi connectivity index (χ0) is 12.8. The summed E-state index contributed by atoms with van der Waals surface area (Å²) >= 11 is 0. The van der Waals surface area contributed by atoms with E-state index < -0.39 is 0 Å². The first-order valence-corrected chi connectivity index (χ1v) is 6.01. The average Bonchev–Trinajstić information content (AvgIpc) is 2.15. The van der Waals surface area contributed by atoms with Gasteiger partial charge in [0.15, 0.2) is 0 Å². The van der Waals surface area contributed by atoms with Gasteiger partial charge in [-0.05, 0) is 6.42 Å². The fourth-order valence-electron chi connectivity index (χ4n) is 1.17. The van der Waals surface area contributed by atoms with Gasteiger partial charge < -0.3 is 11.1 Å². The first-order valence-electron chi connectivity index (χ1n) is 6.01. The van der Waals surface area contributed by atoms with Crippen molar-refractivity contribution < 1.29 is 9.59 Å². The van der Waals surface area contributed by atoms with Crippen molar-refractivity contribution in [1.29, 1.82) is 0 Å². The van der Waals surface area contributed by atoms with Gasteiger partial charge >= 0.3 is 0 Å². The van der Waals surface area contributed by atoms with Crippen LogP contribution in [0, 0.1) is 0 Å². The van der Waals surface area contributed by atoms with Crippen LogP contribution in [0.3, 0.4) is 0 Å². The van der Waals surface area contributed by atoms with Crippen LogP contribution in [0.2, 0.25) is 0 Å². The molecular weight excluding hydrogens is 204 g/mol. The number of primary amides is 1. The number of rotatable bonds is 7. The third kappa shape index (κ3) is 29.3. The largest absolute Gasteiger partial charge is 0.370 e. The van der Waals surface area contributed by atoms with Crippen molar-refractivity contribution in [1.82, 2.24) is 5.32 Å². The Morgan fingerprint density at radius 1 is 1.00 bits per heavy atom. The fourth-order valence-corrected chi connectivity index (χ4v) is 1.17. The standard InChI is InChI=1S/C10H21NO.C2H5NO/c1-3-4-5-6-7-8-9-11-10(2)12;1-2(3)4/h3-9H2,1-2H3,(H,11,12);1H3,(H2,3,4). The van der Waals surface area contributed by atoms with Gasteiger partial charge in [-0.1, -0.05) is 39.0 Å². The average molecular weight is 230 g/mol. The lowest BCUT2D eigenvalue weighted by Crippen LogP contribution is -2.20. The fraction of sp³-hybridized carbons (Fsp3) is 0.833. The molecular formula is C12H26N2O2. The molecule has 2 amide bonds. The van der Waals surface area contributed by atoms with Gasteiger partial charge in [-0.15, -0.1) is 0 Å². The molecule has 0 saturated heterocycles. The number of nitrogens with two attached hydrogens (primary N) is 1. The Labute approximate surface area is 99.0 Å². The molecule has 0 radical (unpaired) electrons. The topological polar surface area (TPSA) is 72.2 Å². The molecule has 0 aliphatic heterocycles. The van der Waals surface area contributed by atoms with Crippen molar-refractivity contribution in [3.05, 3.63) is 0 Å². The maximum absolute atomic E-state index is 10.5. The lowest BCUT2D eigenvalue weighted by atomic mass is 10.1. The van der Waals surface area contributed by atoms with Crippen LogP contribution in [0.5, 0.6) is 0 Å². The van der Waals surface area contributed by atoms with Gasteiger partial charge in [0.25, 0.3) is 0 Å². The summed E-state index contributed by atoms with van der Waals surface area (Å²) in [4.78, 5) is 19.7. The quantitative estimate of drug-likeness (QED) is 0.656. The van der Waals surface area contributed by atoms with E-state index in [9.17, 15) is 9.59 Å². The van der Waals surface area contributed by atoms with E-state index in [4.69, 9.17) is 0 Å². The van der Waals surface area contributed by atoms with Crippen molar-refractivity contribution in [3.8, 4) is 0 Å². The molecule has 4 nitrogen and oxygen atoms in total. The van der Waals surface area contributed by atoms with E-state index in [0.717, 1.165) is 13.0 Å². The molecule has 0 saturated carbocycles. The zero-order valence-corrected chi connectivity index (χ0v) is 10.8. The minimum absolute atomic E-state index is 0.0866. The molecule has 0 aromatic carbocycles. The SMILES string of the molecule is CC(N)=O.CCCCCCCCNC(C)=O. The number of carbonyl (C=O) groups is 2. The minimum atomic E-state index is -0.333. The number of amides is 2. The molecule has 0 bridgehead atoms. The van der Waals surface area contributed by atoms with Crippen molar-refractivity contribution in [2.24, 2.45) is 5.73 Å². The molecule has 3 N–H and O–H groups in total. The summed E-state index contributed by atoms with van der Waals surface area (Å²) in [6.45, 7) is 5.94. The van der Waals surface area contributed by atoms with E-state index in [0.29, 0.717) is 0 Å². The molecule has 0 spiro atoms. The van der Waals surface area contributed by atoms with E-state index in [1.165, 1.54) is 39.0 Å². The minimum Gasteiger partial charge on any atom is -0.370 e. The molecule has 0 unspecified atom stereocenters. The van der Waals surface area contributed by atoms with Gasteiger partial charge in [0.1, 0.15) is 0 Å². The summed E-state index contributed by atoms with van der Waals surface area (Å²) in [6, 6.07) is 0. The summed E-state index contributed by atoms with van der Waals surface area (Å²) in [6.07, 6.45) is 7.68. The molecule has 96 valence electrons. The second-order valence-electron chi connectivity index (χ2n) is 3.86. The van der Waals surface area contributed by atoms with Gasteiger partial charge in [0.2, 0.25) is 11.8 Å². The molecule has 0 heterocycles. The van der Waals surface area contributed by atoms with Gasteiger partial charge in [0, 0.05) is 20.4 Å². The van der Waals surface area contributed by atoms with Gasteiger partial charge in [0.05, 0.1) is 0 Å². The van der Waals surface area contributed by atoms with Crippen LogP contribution in [0.4, 0.5) is 0 Å². The van der Waals surface area contributed by atoms with E-state index >= 15 is 0 Å². The van der Waals surface area contributed by atoms with E-state index in [1.54, 1.807) is 6.92 Å². The highest BCUT2D eigenvalue weighted by Gasteiger charge is 1.91. The highest BCUT2D eigenvalue weighted by atomic mass is 16.1. The second-order valence-corrected chi connectivity index (χ2v) is 3.86. The number of nitrogens with one attached hydrogen (secondary N) is 1. The first kappa shape index (κ1) is 17.3. The van der Waals surface area contributed by atoms with Gasteiger partial charge in [-0.3, -0.25) is 9.59 Å². The van der Waals surface area contributed by atoms with Crippen molar-refractivity contribution in [3.63, 3.8) is 0 Å². The number of carbonyl (C=O) groups excluding carboxylic acids is 2. The van der Waals surface area contributed by atoms with Crippen LogP contribution in [0.25, 0.3) is 0 Å². The van der Waals surface area contributed by atoms with Crippen LogP contribution < -0.4 is 11.1 Å². The Balaban J connectivity index is 0. The van der Waals surface area contributed by atoms with Crippen molar-refractivity contribution >= 4 is 11.8 Å². The third-order valence-electron chi connectivity index (χ3n) is 1.90. The van der Waals surface area contributed by atoms with E-state index in [1.807, 2.05) is 0 Å². The molecule has 4 heteroatoms. The van der Waals surface area contributed by atoms with Crippen LogP contribution in [0.1, 0.15) is 59.3 Å². The van der Waals surface area contributed by atoms with E-state index in [-0.39, 0.29) is 11.8 Å². The molecule has 0 aromatic rings. The summed E-state index contributed by atoms with van der Waals surface area (Å²) in [5.41, 5.74) is 4.47. The molecule has 0 fully saturated rings. The lowest BCUT2D eigenvalue weighted by Gasteiger charge is -2.01. The molecule has 0 atom stereocenters. The first-order chi connectivity index (χ1) is 7.50. The van der Waals surface area contributed by atoms with Gasteiger partial charge in [-0.25, -0.2) is 0 Å². The Hall–Kier alpha value is -1.06. The smallest absolute Gasteiger partial charge is 0.216 e. The van der Waals surface area contributed by atoms with Crippen molar-refractivity contribution in [2.75, 3.05) is 6.54 Å². The van der Waals surface area contributed by atoms with Crippen LogP contribution >= 0.6 is 0 Å². The third-order valence-corrected chi connectivity index (χ3v) is 1.90. The molecule has 0 rings (SSSR count). The van der Waals surface area contributed by atoms with Crippen LogP contribution in [-0.4, -0.2) is 18.4 Å². The molecule has 0 aliphatic carbocycles. The number of unbranched alkanes of at least 4 members (excludes halogenated alkanes) is 5. The Morgan fingerprint density at radius 2 is 1.44 bits per heavy atom. The molecule has 16 heavy (non-hydrogen) atoms. The van der Waals surface area contributed by atoms with Gasteiger partial charge in [-0.2, -0.15) is 0 Å². The number of hydrogen-bond acceptors (Lipinski definition) is 2. The Bertz CT molecular complexity index is 178. The number of hydrogen-bond donors (Lipinski definition) is 2. The zero-order valence-electron chi connectivity index (χ0n) is 10.8. The lowest BCUT2D eigenvalue weighted by molar-refractivity contribution is -0.119. The summed E-state index contributed by atoms with van der Waals surface area (Å²) in [5, 5.41) is 2.80. The second kappa shape index (κ2) is 13.9. The Morgan fingerprint density at radius 3 is 1.88 bits per heavy atom. The maximum atomic E-state index is 10.5. The molecule has 0 aliphatic rings. The Kier molecular flexibility index (Phi) is 15.1. The van der Waals surface area contributed by atoms with E-state index in [2.05, 4.69) is 18.0 Å². The predicted octanol–water partition coefficient (Wildman–Crippen LogP) is 1.97. The monoisotopic (exact) mass is 230 g/mol. The summed E-state index contributed by atoms with van der Waals surface area (Å²) < 4.78 is 0. The van der Waals surface area contributed by atoms with Crippen molar-refractivity contribution in [2.45, 2.75) is 59.3 Å². The molecule has 0 aromatic heterocycles. The highest BCUT2D eigenvalue weighted by molar-refractivity contribution is 5.72. The predicted molar refractivity (Wildman–Crippen MR) is 66.9 cm³/mol. The normalized spacial score (nSPS) is 8.94. The van der Waals surface area contributed by atoms with Crippen LogP contribution in [-0.2, 0) is 9.59 Å². The summed E-state index contributed by atoms with van der Waals surface area (Å²) in [7, 11) is 0.